The summed E-state index contributed by atoms with van der Waals surface area (Å²) < 4.78 is 34.0. The first-order chi connectivity index (χ1) is 21.0. The molecular weight excluding hydrogens is 607 g/mol. The maximum atomic E-state index is 15.7. The number of ether oxygens (including phenoxy) is 3. The van der Waals surface area contributed by atoms with E-state index in [4.69, 9.17) is 19.3 Å². The quantitative estimate of drug-likeness (QED) is 0.112. The fourth-order valence-corrected chi connectivity index (χ4v) is 7.64. The van der Waals surface area contributed by atoms with Crippen molar-refractivity contribution < 1.29 is 42.9 Å². The Hall–Kier alpha value is -3.83. The Labute approximate surface area is 261 Å². The van der Waals surface area contributed by atoms with Crippen molar-refractivity contribution in [3.8, 4) is 17.2 Å². The summed E-state index contributed by atoms with van der Waals surface area (Å²) in [5, 5.41) is 10.3. The van der Waals surface area contributed by atoms with Crippen LogP contribution in [0.25, 0.3) is 20.2 Å². The highest BCUT2D eigenvalue weighted by Gasteiger charge is 2.40. The molecule has 1 aliphatic rings. The van der Waals surface area contributed by atoms with Crippen molar-refractivity contribution in [3.63, 3.8) is 0 Å². The van der Waals surface area contributed by atoms with Crippen molar-refractivity contribution in [1.29, 1.82) is 0 Å². The molecule has 1 N–H and O–H groups in total. The number of hydrogen-bond donors (Lipinski definition) is 1. The molecule has 0 unspecified atom stereocenters. The van der Waals surface area contributed by atoms with E-state index in [0.29, 0.717) is 45.9 Å². The molecule has 3 atom stereocenters. The number of aryl methyl sites for hydroxylation is 1. The van der Waals surface area contributed by atoms with Crippen LogP contribution in [-0.4, -0.2) is 49.3 Å². The van der Waals surface area contributed by atoms with Gasteiger partial charge in [0.1, 0.15) is 11.5 Å². The molecule has 0 saturated heterocycles. The highest BCUT2D eigenvalue weighted by molar-refractivity contribution is 7.21. The highest BCUT2D eigenvalue weighted by atomic mass is 32.1. The number of carbonyl (C=O) groups is 4. The van der Waals surface area contributed by atoms with Crippen molar-refractivity contribution in [1.82, 2.24) is 0 Å². The number of carbonyl (C=O) groups excluding carboxylic acids is 3. The smallest absolute Gasteiger partial charge is 0.306 e. The van der Waals surface area contributed by atoms with E-state index in [1.807, 2.05) is 12.1 Å². The molecule has 2 heterocycles. The first kappa shape index (κ1) is 31.6. The number of hydrogen-bond acceptors (Lipinski definition) is 9. The zero-order chi connectivity index (χ0) is 31.7. The van der Waals surface area contributed by atoms with Crippen LogP contribution in [0.3, 0.4) is 0 Å². The van der Waals surface area contributed by atoms with Crippen LogP contribution < -0.4 is 14.2 Å². The van der Waals surface area contributed by atoms with Gasteiger partial charge in [0, 0.05) is 39.1 Å². The van der Waals surface area contributed by atoms with Crippen molar-refractivity contribution in [2.45, 2.75) is 46.0 Å². The molecule has 0 radical (unpaired) electrons. The van der Waals surface area contributed by atoms with E-state index in [9.17, 15) is 19.2 Å². The van der Waals surface area contributed by atoms with Crippen LogP contribution in [0.5, 0.6) is 17.2 Å². The van der Waals surface area contributed by atoms with Gasteiger partial charge in [-0.05, 0) is 67.8 Å². The Morgan fingerprint density at radius 1 is 0.955 bits per heavy atom. The minimum atomic E-state index is -1.01. The van der Waals surface area contributed by atoms with Gasteiger partial charge in [0.2, 0.25) is 0 Å². The molecule has 232 valence electrons. The minimum Gasteiger partial charge on any atom is -0.496 e. The van der Waals surface area contributed by atoms with Crippen LogP contribution in [0.15, 0.2) is 30.3 Å². The van der Waals surface area contributed by atoms with Crippen LogP contribution in [0.1, 0.15) is 64.4 Å². The van der Waals surface area contributed by atoms with E-state index >= 15 is 4.39 Å². The third-order valence-electron chi connectivity index (χ3n) is 8.22. The molecule has 44 heavy (non-hydrogen) atoms. The summed E-state index contributed by atoms with van der Waals surface area (Å²) in [4.78, 5) is 49.6. The maximum absolute atomic E-state index is 15.7. The Morgan fingerprint density at radius 2 is 1.64 bits per heavy atom. The lowest BCUT2D eigenvalue weighted by Crippen LogP contribution is -2.36. The predicted molar refractivity (Wildman–Crippen MR) is 168 cm³/mol. The molecule has 11 heteroatoms. The number of fused-ring (bicyclic) bond motifs is 2. The topological polar surface area (TPSA) is 116 Å². The summed E-state index contributed by atoms with van der Waals surface area (Å²) in [5.41, 5.74) is 0.892. The fourth-order valence-electron chi connectivity index (χ4n) is 5.53. The number of methoxy groups -OCH3 is 2. The number of benzene rings is 2. The Bertz CT molecular complexity index is 1770. The molecule has 4 aromatic rings. The van der Waals surface area contributed by atoms with Gasteiger partial charge in [0.05, 0.1) is 36.5 Å². The average Bonchev–Trinajstić information content (AvgIpc) is 3.59. The van der Waals surface area contributed by atoms with E-state index in [1.54, 1.807) is 25.3 Å². The van der Waals surface area contributed by atoms with Gasteiger partial charge in [-0.25, -0.2) is 4.39 Å². The summed E-state index contributed by atoms with van der Waals surface area (Å²) in [6.45, 7) is 3.20. The molecule has 0 spiro atoms. The Morgan fingerprint density at radius 3 is 2.27 bits per heavy atom. The normalized spacial score (nSPS) is 16.8. The second kappa shape index (κ2) is 13.0. The van der Waals surface area contributed by atoms with Crippen molar-refractivity contribution >= 4 is 66.2 Å². The minimum absolute atomic E-state index is 0.00890. The fraction of sp³-hybridized carbons (Fsp3) is 0.394. The van der Waals surface area contributed by atoms with Crippen LogP contribution in [0.4, 0.5) is 4.39 Å². The third kappa shape index (κ3) is 6.21. The molecule has 0 amide bonds. The van der Waals surface area contributed by atoms with E-state index in [0.717, 1.165) is 15.6 Å². The van der Waals surface area contributed by atoms with E-state index < -0.39 is 17.7 Å². The Balaban J connectivity index is 1.28. The van der Waals surface area contributed by atoms with Crippen molar-refractivity contribution in [2.75, 3.05) is 20.8 Å². The number of carboxylic acid groups (broad SMARTS) is 1. The van der Waals surface area contributed by atoms with E-state index in [-0.39, 0.29) is 59.1 Å². The summed E-state index contributed by atoms with van der Waals surface area (Å²) in [7, 11) is 3.00. The molecule has 5 rings (SSSR count). The van der Waals surface area contributed by atoms with Gasteiger partial charge < -0.3 is 19.3 Å². The van der Waals surface area contributed by atoms with Crippen molar-refractivity contribution in [2.24, 2.45) is 17.8 Å². The zero-order valence-corrected chi connectivity index (χ0v) is 26.5. The number of carboxylic acids is 1. The molecule has 2 aromatic carbocycles. The molecule has 8 nitrogen and oxygen atoms in total. The lowest BCUT2D eigenvalue weighted by molar-refractivity contribution is -0.141. The van der Waals surface area contributed by atoms with E-state index in [1.165, 1.54) is 43.6 Å². The summed E-state index contributed by atoms with van der Waals surface area (Å²) in [5.74, 6) is -2.46. The number of rotatable bonds is 14. The van der Waals surface area contributed by atoms with Crippen molar-refractivity contribution in [3.05, 3.63) is 51.5 Å². The maximum Gasteiger partial charge on any atom is 0.306 e. The molecular formula is C33H33FO8S2. The summed E-state index contributed by atoms with van der Waals surface area (Å²) in [6.07, 6.45) is 2.37. The second-order valence-electron chi connectivity index (χ2n) is 11.1. The standard InChI is InChI=1S/C33H33FO8S2/c1-16(33(38)39)10-23(36)28-12-19-11-18(24(40-3)14-26(19)43-28)6-5-9-42-32-25(41-4)15-27-22(30(32)34)13-29(44-27)31(37)21-8-7-20(21)17(2)35/h11-16,20-21H,5-10H2,1-4H3,(H,38,39)/t16-,20-,21+/m0/s1. The monoisotopic (exact) mass is 640 g/mol. The van der Waals surface area contributed by atoms with Gasteiger partial charge in [-0.15, -0.1) is 22.7 Å². The van der Waals surface area contributed by atoms with Crippen LogP contribution in [0.2, 0.25) is 0 Å². The molecule has 1 saturated carbocycles. The SMILES string of the molecule is COc1cc2sc(C(=O)C[C@H](C)C(=O)O)cc2cc1CCCOc1c(OC)cc2sc(C(=O)[C@@H]3CC[C@H]3C(C)=O)cc2c1F. The van der Waals surface area contributed by atoms with E-state index in [2.05, 4.69) is 0 Å². The molecule has 1 aliphatic carbocycles. The van der Waals surface area contributed by atoms with Gasteiger partial charge >= 0.3 is 5.97 Å². The van der Waals surface area contributed by atoms with Gasteiger partial charge in [-0.3, -0.25) is 19.2 Å². The van der Waals surface area contributed by atoms with Crippen LogP contribution in [0, 0.1) is 23.6 Å². The van der Waals surface area contributed by atoms with Gasteiger partial charge in [-0.2, -0.15) is 0 Å². The lowest BCUT2D eigenvalue weighted by atomic mass is 9.69. The number of ketones is 3. The lowest BCUT2D eigenvalue weighted by Gasteiger charge is -2.33. The molecule has 0 bridgehead atoms. The largest absolute Gasteiger partial charge is 0.496 e. The third-order valence-corrected chi connectivity index (χ3v) is 10.5. The number of Topliss-reactive ketones (excluding diaryl/α,β-unsaturated/α-hetero) is 3. The first-order valence-electron chi connectivity index (χ1n) is 14.4. The highest BCUT2D eigenvalue weighted by Crippen LogP contribution is 2.43. The van der Waals surface area contributed by atoms with Gasteiger partial charge in [0.25, 0.3) is 0 Å². The first-order valence-corrected chi connectivity index (χ1v) is 16.0. The zero-order valence-electron chi connectivity index (χ0n) is 24.9. The average molecular weight is 641 g/mol. The van der Waals surface area contributed by atoms with Crippen LogP contribution in [-0.2, 0) is 16.0 Å². The van der Waals surface area contributed by atoms with Crippen LogP contribution >= 0.6 is 22.7 Å². The summed E-state index contributed by atoms with van der Waals surface area (Å²) >= 11 is 2.49. The summed E-state index contributed by atoms with van der Waals surface area (Å²) in [6, 6.07) is 8.79. The predicted octanol–water partition coefficient (Wildman–Crippen LogP) is 7.38. The van der Waals surface area contributed by atoms with Gasteiger partial charge in [-0.1, -0.05) is 6.92 Å². The second-order valence-corrected chi connectivity index (χ2v) is 13.3. The molecule has 2 aromatic heterocycles. The Kier molecular flexibility index (Phi) is 9.36. The number of aliphatic carboxylic acids is 1. The molecule has 1 fully saturated rings. The van der Waals surface area contributed by atoms with Gasteiger partial charge in [0.15, 0.2) is 28.9 Å². The molecule has 0 aliphatic heterocycles. The number of halogens is 1. The number of thiophene rings is 2.